The number of benzene rings is 2. The average molecular weight is 565 g/mol. The Kier molecular flexibility index (Phi) is 21.2. The lowest BCUT2D eigenvalue weighted by Crippen LogP contribution is -2.14. The van der Waals surface area contributed by atoms with Crippen molar-refractivity contribution in [1.82, 2.24) is 0 Å². The van der Waals surface area contributed by atoms with Crippen LogP contribution in [0.2, 0.25) is 0 Å². The highest BCUT2D eigenvalue weighted by Gasteiger charge is 2.01. The number of nitrogens with two attached hydrogens (primary N) is 2. The van der Waals surface area contributed by atoms with E-state index in [0.717, 1.165) is 22.3 Å². The molecule has 0 spiro atoms. The first-order valence-corrected chi connectivity index (χ1v) is 14.0. The Morgan fingerprint density at radius 2 is 0.575 bits per heavy atom. The van der Waals surface area contributed by atoms with E-state index in [-0.39, 0.29) is 0 Å². The van der Waals surface area contributed by atoms with Crippen molar-refractivity contribution in [2.75, 3.05) is 106 Å². The summed E-state index contributed by atoms with van der Waals surface area (Å²) in [5.41, 5.74) is 15.3. The predicted octanol–water partition coefficient (Wildman–Crippen LogP) is 2.40. The Hall–Kier alpha value is -1.96. The van der Waals surface area contributed by atoms with Gasteiger partial charge in [-0.3, -0.25) is 0 Å². The Bertz CT molecular complexity index is 754. The van der Waals surface area contributed by atoms with Crippen LogP contribution < -0.4 is 11.5 Å². The van der Waals surface area contributed by atoms with Crippen LogP contribution in [0.25, 0.3) is 11.1 Å². The van der Waals surface area contributed by atoms with Gasteiger partial charge in [-0.1, -0.05) is 48.5 Å². The average Bonchev–Trinajstić information content (AvgIpc) is 2.99. The largest absolute Gasteiger partial charge is 0.378 e. The van der Waals surface area contributed by atoms with Gasteiger partial charge >= 0.3 is 0 Å². The smallest absolute Gasteiger partial charge is 0.0718 e. The molecule has 0 aliphatic heterocycles. The third-order valence-electron chi connectivity index (χ3n) is 5.54. The SMILES string of the molecule is NCCOCCOCCOCCOCc1ccc(-c2ccc(COCCOCCOCCOCCN)cc2)cc1. The molecular formula is C30H48N2O8. The van der Waals surface area contributed by atoms with Gasteiger partial charge < -0.3 is 49.4 Å². The molecular weight excluding hydrogens is 516 g/mol. The Balaban J connectivity index is 1.47. The number of hydrogen-bond donors (Lipinski definition) is 2. The summed E-state index contributed by atoms with van der Waals surface area (Å²) in [6.45, 7) is 9.82. The second kappa shape index (κ2) is 24.8. The van der Waals surface area contributed by atoms with Crippen molar-refractivity contribution in [3.63, 3.8) is 0 Å². The van der Waals surface area contributed by atoms with Crippen molar-refractivity contribution >= 4 is 0 Å². The third-order valence-corrected chi connectivity index (χ3v) is 5.54. The normalized spacial score (nSPS) is 11.3. The molecule has 0 atom stereocenters. The summed E-state index contributed by atoms with van der Waals surface area (Å²) in [7, 11) is 0. The molecule has 2 aromatic rings. The van der Waals surface area contributed by atoms with Gasteiger partial charge in [0.1, 0.15) is 0 Å². The maximum Gasteiger partial charge on any atom is 0.0718 e. The molecule has 0 bridgehead atoms. The zero-order valence-electron chi connectivity index (χ0n) is 23.8. The number of rotatable bonds is 27. The van der Waals surface area contributed by atoms with Gasteiger partial charge in [-0.05, 0) is 22.3 Å². The van der Waals surface area contributed by atoms with Crippen molar-refractivity contribution < 1.29 is 37.9 Å². The van der Waals surface area contributed by atoms with Gasteiger partial charge in [0.2, 0.25) is 0 Å². The topological polar surface area (TPSA) is 126 Å². The predicted molar refractivity (Wildman–Crippen MR) is 154 cm³/mol. The van der Waals surface area contributed by atoms with Crippen molar-refractivity contribution in [1.29, 1.82) is 0 Å². The van der Waals surface area contributed by atoms with E-state index in [1.165, 1.54) is 0 Å². The minimum Gasteiger partial charge on any atom is -0.378 e. The van der Waals surface area contributed by atoms with Gasteiger partial charge in [-0.15, -0.1) is 0 Å². The molecule has 10 heteroatoms. The highest BCUT2D eigenvalue weighted by molar-refractivity contribution is 5.63. The van der Waals surface area contributed by atoms with Gasteiger partial charge in [0.25, 0.3) is 0 Å². The molecule has 0 saturated carbocycles. The van der Waals surface area contributed by atoms with Crippen molar-refractivity contribution in [2.45, 2.75) is 13.2 Å². The summed E-state index contributed by atoms with van der Waals surface area (Å²) in [4.78, 5) is 0. The van der Waals surface area contributed by atoms with E-state index >= 15 is 0 Å². The van der Waals surface area contributed by atoms with E-state index in [9.17, 15) is 0 Å². The molecule has 2 rings (SSSR count). The molecule has 2 aromatic carbocycles. The summed E-state index contributed by atoms with van der Waals surface area (Å²) in [6, 6.07) is 16.8. The van der Waals surface area contributed by atoms with Crippen LogP contribution >= 0.6 is 0 Å². The molecule has 226 valence electrons. The molecule has 40 heavy (non-hydrogen) atoms. The number of hydrogen-bond acceptors (Lipinski definition) is 10. The Morgan fingerprint density at radius 1 is 0.325 bits per heavy atom. The zero-order valence-corrected chi connectivity index (χ0v) is 23.8. The molecule has 4 N–H and O–H groups in total. The zero-order chi connectivity index (χ0) is 28.4. The van der Waals surface area contributed by atoms with E-state index < -0.39 is 0 Å². The van der Waals surface area contributed by atoms with Crippen LogP contribution in [-0.4, -0.2) is 106 Å². The maximum absolute atomic E-state index is 5.71. The second-order valence-corrected chi connectivity index (χ2v) is 8.75. The van der Waals surface area contributed by atoms with Crippen LogP contribution in [0.5, 0.6) is 0 Å². The highest BCUT2D eigenvalue weighted by atomic mass is 16.6. The van der Waals surface area contributed by atoms with Crippen LogP contribution in [-0.2, 0) is 51.1 Å². The summed E-state index contributed by atoms with van der Waals surface area (Å²) in [6.07, 6.45) is 0. The molecule has 0 amide bonds. The molecule has 0 aliphatic carbocycles. The van der Waals surface area contributed by atoms with Gasteiger partial charge in [0.15, 0.2) is 0 Å². The minimum atomic E-state index is 0.530. The highest BCUT2D eigenvalue weighted by Crippen LogP contribution is 2.21. The van der Waals surface area contributed by atoms with Gasteiger partial charge in [-0.25, -0.2) is 0 Å². The molecule has 0 unspecified atom stereocenters. The van der Waals surface area contributed by atoms with Gasteiger partial charge in [-0.2, -0.15) is 0 Å². The lowest BCUT2D eigenvalue weighted by atomic mass is 10.0. The molecule has 0 radical (unpaired) electrons. The Morgan fingerprint density at radius 3 is 0.850 bits per heavy atom. The monoisotopic (exact) mass is 564 g/mol. The van der Waals surface area contributed by atoms with Gasteiger partial charge in [0, 0.05) is 13.1 Å². The van der Waals surface area contributed by atoms with Gasteiger partial charge in [0.05, 0.1) is 106 Å². The number of ether oxygens (including phenoxy) is 8. The standard InChI is InChI=1S/C30H48N2O8/c31-9-11-33-13-15-35-17-19-37-21-23-39-25-27-1-5-29(6-2-27)30-7-3-28(4-8-30)26-40-24-22-38-20-18-36-16-14-34-12-10-32/h1-8H,9-26,31-32H2. The molecule has 0 heterocycles. The van der Waals surface area contributed by atoms with Crippen LogP contribution in [0.4, 0.5) is 0 Å². The summed E-state index contributed by atoms with van der Waals surface area (Å²) >= 11 is 0. The Labute approximate surface area is 239 Å². The van der Waals surface area contributed by atoms with E-state index in [4.69, 9.17) is 49.4 Å². The van der Waals surface area contributed by atoms with Crippen LogP contribution in [0.15, 0.2) is 48.5 Å². The third kappa shape index (κ3) is 17.7. The molecule has 10 nitrogen and oxygen atoms in total. The van der Waals surface area contributed by atoms with E-state index in [1.54, 1.807) is 0 Å². The van der Waals surface area contributed by atoms with Crippen LogP contribution in [0, 0.1) is 0 Å². The summed E-state index contributed by atoms with van der Waals surface area (Å²) in [5, 5.41) is 0. The fourth-order valence-electron chi connectivity index (χ4n) is 3.45. The molecule has 0 aromatic heterocycles. The van der Waals surface area contributed by atoms with Crippen molar-refractivity contribution in [3.8, 4) is 11.1 Å². The fraction of sp³-hybridized carbons (Fsp3) is 0.600. The van der Waals surface area contributed by atoms with E-state index in [2.05, 4.69) is 48.5 Å². The summed E-state index contributed by atoms with van der Waals surface area (Å²) in [5.74, 6) is 0. The molecule has 0 saturated heterocycles. The molecule has 0 aliphatic rings. The second-order valence-electron chi connectivity index (χ2n) is 8.75. The van der Waals surface area contributed by atoms with Crippen LogP contribution in [0.3, 0.4) is 0 Å². The van der Waals surface area contributed by atoms with Crippen LogP contribution in [0.1, 0.15) is 11.1 Å². The quantitative estimate of drug-likeness (QED) is 0.156. The van der Waals surface area contributed by atoms with Crippen molar-refractivity contribution in [3.05, 3.63) is 59.7 Å². The first kappa shape index (κ1) is 34.2. The fourth-order valence-corrected chi connectivity index (χ4v) is 3.45. The molecule has 0 fully saturated rings. The van der Waals surface area contributed by atoms with E-state index in [0.29, 0.717) is 119 Å². The first-order chi connectivity index (χ1) is 19.8. The lowest BCUT2D eigenvalue weighted by molar-refractivity contribution is -0.00335. The van der Waals surface area contributed by atoms with Crippen molar-refractivity contribution in [2.24, 2.45) is 11.5 Å². The van der Waals surface area contributed by atoms with E-state index in [1.807, 2.05) is 0 Å². The lowest BCUT2D eigenvalue weighted by Gasteiger charge is -2.09. The first-order valence-electron chi connectivity index (χ1n) is 14.0. The summed E-state index contributed by atoms with van der Waals surface area (Å²) < 4.78 is 43.7. The maximum atomic E-state index is 5.71. The minimum absolute atomic E-state index is 0.530.